The normalized spacial score (nSPS) is 10.4. The second kappa shape index (κ2) is 6.96. The third-order valence-corrected chi connectivity index (χ3v) is 3.69. The summed E-state index contributed by atoms with van der Waals surface area (Å²) in [6.07, 6.45) is 2.83. The molecule has 0 saturated heterocycles. The molecule has 7 nitrogen and oxygen atoms in total. The molecule has 0 radical (unpaired) electrons. The first-order valence-electron chi connectivity index (χ1n) is 7.52. The number of rotatable bonds is 4. The fraction of sp³-hybridized carbons (Fsp3) is 0.111. The fourth-order valence-electron chi connectivity index (χ4n) is 2.34. The number of carbonyl (C=O) groups excluding carboxylic acids is 2. The van der Waals surface area contributed by atoms with E-state index in [1.54, 1.807) is 48.7 Å². The van der Waals surface area contributed by atoms with Gasteiger partial charge in [0.15, 0.2) is 0 Å². The monoisotopic (exact) mass is 337 g/mol. The van der Waals surface area contributed by atoms with Crippen LogP contribution in [0.5, 0.6) is 0 Å². The van der Waals surface area contributed by atoms with Gasteiger partial charge in [-0.1, -0.05) is 18.2 Å². The van der Waals surface area contributed by atoms with E-state index in [0.717, 1.165) is 5.56 Å². The summed E-state index contributed by atoms with van der Waals surface area (Å²) >= 11 is 0. The maximum absolute atomic E-state index is 12.3. The molecule has 0 bridgehead atoms. The third-order valence-electron chi connectivity index (χ3n) is 3.69. The van der Waals surface area contributed by atoms with Crippen LogP contribution in [0.25, 0.3) is 5.65 Å². The number of methoxy groups -OCH3 is 1. The number of pyridine rings is 1. The van der Waals surface area contributed by atoms with Crippen LogP contribution in [0.15, 0.2) is 59.7 Å². The van der Waals surface area contributed by atoms with Crippen LogP contribution in [-0.4, -0.2) is 28.4 Å². The minimum Gasteiger partial charge on any atom is -0.465 e. The Morgan fingerprint density at radius 3 is 2.64 bits per heavy atom. The van der Waals surface area contributed by atoms with E-state index in [1.165, 1.54) is 17.7 Å². The number of amides is 1. The molecule has 0 spiro atoms. The molecule has 3 rings (SSSR count). The summed E-state index contributed by atoms with van der Waals surface area (Å²) in [4.78, 5) is 40.1. The van der Waals surface area contributed by atoms with Crippen LogP contribution in [0.1, 0.15) is 26.3 Å². The van der Waals surface area contributed by atoms with Crippen LogP contribution < -0.4 is 10.9 Å². The molecule has 1 N–H and O–H groups in total. The first-order valence-corrected chi connectivity index (χ1v) is 7.52. The average Bonchev–Trinajstić information content (AvgIpc) is 2.66. The molecule has 0 atom stereocenters. The highest BCUT2D eigenvalue weighted by Crippen LogP contribution is 2.06. The molecular weight excluding hydrogens is 322 g/mol. The van der Waals surface area contributed by atoms with Crippen molar-refractivity contribution >= 4 is 17.5 Å². The van der Waals surface area contributed by atoms with Crippen LogP contribution in [0.4, 0.5) is 0 Å². The van der Waals surface area contributed by atoms with E-state index in [4.69, 9.17) is 0 Å². The summed E-state index contributed by atoms with van der Waals surface area (Å²) in [6.45, 7) is 0.219. The van der Waals surface area contributed by atoms with Crippen molar-refractivity contribution in [2.75, 3.05) is 7.11 Å². The van der Waals surface area contributed by atoms with Gasteiger partial charge in [-0.15, -0.1) is 0 Å². The van der Waals surface area contributed by atoms with E-state index < -0.39 is 17.4 Å². The molecule has 0 aliphatic carbocycles. The standard InChI is InChI=1S/C18H15N3O4/c1-25-18(24)13-7-5-12(6-8-13)10-20-16(22)14-11-19-15-4-2-3-9-21(15)17(14)23/h2-9,11H,10H2,1H3,(H,20,22). The summed E-state index contributed by atoms with van der Waals surface area (Å²) in [7, 11) is 1.31. The molecule has 25 heavy (non-hydrogen) atoms. The number of nitrogens with one attached hydrogen (secondary N) is 1. The van der Waals surface area contributed by atoms with Gasteiger partial charge in [-0.2, -0.15) is 0 Å². The lowest BCUT2D eigenvalue weighted by molar-refractivity contribution is 0.0600. The lowest BCUT2D eigenvalue weighted by atomic mass is 10.1. The van der Waals surface area contributed by atoms with Crippen molar-refractivity contribution in [2.45, 2.75) is 6.54 Å². The number of benzene rings is 1. The highest BCUT2D eigenvalue weighted by Gasteiger charge is 2.13. The van der Waals surface area contributed by atoms with Crippen molar-refractivity contribution in [3.63, 3.8) is 0 Å². The topological polar surface area (TPSA) is 89.8 Å². The number of nitrogens with zero attached hydrogens (tertiary/aromatic N) is 2. The van der Waals surface area contributed by atoms with Gasteiger partial charge in [-0.25, -0.2) is 9.78 Å². The van der Waals surface area contributed by atoms with E-state index in [-0.39, 0.29) is 12.1 Å². The van der Waals surface area contributed by atoms with Gasteiger partial charge >= 0.3 is 5.97 Å². The van der Waals surface area contributed by atoms with Crippen LogP contribution in [0, 0.1) is 0 Å². The zero-order valence-corrected chi connectivity index (χ0v) is 13.4. The Kier molecular flexibility index (Phi) is 4.56. The minimum atomic E-state index is -0.507. The van der Waals surface area contributed by atoms with Crippen molar-refractivity contribution in [3.8, 4) is 0 Å². The van der Waals surface area contributed by atoms with Crippen molar-refractivity contribution < 1.29 is 14.3 Å². The highest BCUT2D eigenvalue weighted by atomic mass is 16.5. The Labute approximate surface area is 142 Å². The predicted molar refractivity (Wildman–Crippen MR) is 90.4 cm³/mol. The van der Waals surface area contributed by atoms with Crippen LogP contribution in [0.3, 0.4) is 0 Å². The molecule has 0 unspecified atom stereocenters. The quantitative estimate of drug-likeness (QED) is 0.727. The molecule has 3 aromatic rings. The average molecular weight is 337 g/mol. The summed E-state index contributed by atoms with van der Waals surface area (Å²) in [5, 5.41) is 2.67. The Morgan fingerprint density at radius 2 is 1.92 bits per heavy atom. The fourth-order valence-corrected chi connectivity index (χ4v) is 2.34. The van der Waals surface area contributed by atoms with Gasteiger partial charge in [-0.3, -0.25) is 14.0 Å². The summed E-state index contributed by atoms with van der Waals surface area (Å²) in [5.41, 5.74) is 1.23. The van der Waals surface area contributed by atoms with Crippen LogP contribution >= 0.6 is 0 Å². The maximum Gasteiger partial charge on any atom is 0.337 e. The number of ether oxygens (including phenoxy) is 1. The van der Waals surface area contributed by atoms with E-state index in [2.05, 4.69) is 15.0 Å². The number of esters is 1. The van der Waals surface area contributed by atoms with Gasteiger partial charge in [0.05, 0.1) is 12.7 Å². The Balaban J connectivity index is 1.74. The van der Waals surface area contributed by atoms with Crippen molar-refractivity contribution in [2.24, 2.45) is 0 Å². The Hall–Kier alpha value is -3.48. The van der Waals surface area contributed by atoms with Crippen LogP contribution in [-0.2, 0) is 11.3 Å². The summed E-state index contributed by atoms with van der Waals surface area (Å²) in [6, 6.07) is 11.8. The maximum atomic E-state index is 12.3. The first kappa shape index (κ1) is 16.4. The molecular formula is C18H15N3O4. The van der Waals surface area contributed by atoms with Gasteiger partial charge in [0.25, 0.3) is 11.5 Å². The minimum absolute atomic E-state index is 0.0325. The zero-order chi connectivity index (χ0) is 17.8. The molecule has 0 aliphatic rings. The molecule has 2 heterocycles. The van der Waals surface area contributed by atoms with Gasteiger partial charge in [0.1, 0.15) is 11.2 Å². The number of hydrogen-bond donors (Lipinski definition) is 1. The van der Waals surface area contributed by atoms with Crippen molar-refractivity contribution in [1.82, 2.24) is 14.7 Å². The van der Waals surface area contributed by atoms with Gasteiger partial charge in [0, 0.05) is 18.9 Å². The third kappa shape index (κ3) is 3.40. The summed E-state index contributed by atoms with van der Waals surface area (Å²) in [5.74, 6) is -0.932. The molecule has 7 heteroatoms. The lowest BCUT2D eigenvalue weighted by Gasteiger charge is -2.07. The second-order valence-electron chi connectivity index (χ2n) is 5.28. The van der Waals surface area contributed by atoms with Crippen molar-refractivity contribution in [3.05, 3.63) is 81.9 Å². The smallest absolute Gasteiger partial charge is 0.337 e. The Morgan fingerprint density at radius 1 is 1.16 bits per heavy atom. The van der Waals surface area contributed by atoms with E-state index in [1.807, 2.05) is 0 Å². The molecule has 2 aromatic heterocycles. The predicted octanol–water partition coefficient (Wildman–Crippen LogP) is 1.41. The number of fused-ring (bicyclic) bond motifs is 1. The van der Waals surface area contributed by atoms with Gasteiger partial charge in [-0.05, 0) is 29.8 Å². The van der Waals surface area contributed by atoms with Crippen LogP contribution in [0.2, 0.25) is 0 Å². The highest BCUT2D eigenvalue weighted by molar-refractivity contribution is 5.93. The number of hydrogen-bond acceptors (Lipinski definition) is 5. The molecule has 1 aromatic carbocycles. The summed E-state index contributed by atoms with van der Waals surface area (Å²) < 4.78 is 5.95. The van der Waals surface area contributed by atoms with E-state index in [0.29, 0.717) is 11.2 Å². The molecule has 0 fully saturated rings. The lowest BCUT2D eigenvalue weighted by Crippen LogP contribution is -2.31. The second-order valence-corrected chi connectivity index (χ2v) is 5.28. The van der Waals surface area contributed by atoms with Crippen molar-refractivity contribution in [1.29, 1.82) is 0 Å². The molecule has 0 aliphatic heterocycles. The molecule has 1 amide bonds. The van der Waals surface area contributed by atoms with Gasteiger partial charge < -0.3 is 10.1 Å². The molecule has 126 valence electrons. The Bertz CT molecular complexity index is 993. The number of carbonyl (C=O) groups is 2. The zero-order valence-electron chi connectivity index (χ0n) is 13.4. The molecule has 0 saturated carbocycles. The van der Waals surface area contributed by atoms with Gasteiger partial charge in [0.2, 0.25) is 0 Å². The number of aromatic nitrogens is 2. The first-order chi connectivity index (χ1) is 12.1. The largest absolute Gasteiger partial charge is 0.465 e. The van der Waals surface area contributed by atoms with E-state index >= 15 is 0 Å². The SMILES string of the molecule is COC(=O)c1ccc(CNC(=O)c2cnc3ccccn3c2=O)cc1. The van der Waals surface area contributed by atoms with E-state index in [9.17, 15) is 14.4 Å².